The van der Waals surface area contributed by atoms with E-state index in [-0.39, 0.29) is 12.4 Å². The predicted molar refractivity (Wildman–Crippen MR) is 79.1 cm³/mol. The van der Waals surface area contributed by atoms with Crippen LogP contribution in [0.15, 0.2) is 24.3 Å². The summed E-state index contributed by atoms with van der Waals surface area (Å²) in [6.07, 6.45) is 0.591. The van der Waals surface area contributed by atoms with Gasteiger partial charge in [-0.3, -0.25) is 4.72 Å². The van der Waals surface area contributed by atoms with Gasteiger partial charge in [-0.1, -0.05) is 6.92 Å². The molecule has 0 heterocycles. The number of aliphatic hydroxyl groups excluding tert-OH is 1. The van der Waals surface area contributed by atoms with E-state index in [1.54, 1.807) is 12.1 Å². The molecular weight excluding hydrogens is 264 g/mol. The van der Waals surface area contributed by atoms with Crippen molar-refractivity contribution in [2.45, 2.75) is 20.3 Å². The van der Waals surface area contributed by atoms with Gasteiger partial charge in [0.2, 0.25) is 10.0 Å². The lowest BCUT2D eigenvalue weighted by Gasteiger charge is -2.22. The highest BCUT2D eigenvalue weighted by molar-refractivity contribution is 7.92. The monoisotopic (exact) mass is 286 g/mol. The first-order valence-electron chi connectivity index (χ1n) is 6.48. The maximum atomic E-state index is 11.6. The van der Waals surface area contributed by atoms with E-state index in [0.29, 0.717) is 18.7 Å². The zero-order chi connectivity index (χ0) is 14.3. The fourth-order valence-corrected chi connectivity index (χ4v) is 2.96. The predicted octanol–water partition coefficient (Wildman–Crippen LogP) is 1.66. The maximum absolute atomic E-state index is 11.6. The Morgan fingerprint density at radius 3 is 2.32 bits per heavy atom. The third kappa shape index (κ3) is 5.08. The number of sulfonamides is 1. The van der Waals surface area contributed by atoms with Crippen molar-refractivity contribution in [1.29, 1.82) is 0 Å². The molecule has 0 fully saturated rings. The lowest BCUT2D eigenvalue weighted by molar-refractivity contribution is 0.302. The maximum Gasteiger partial charge on any atom is 0.232 e. The third-order valence-corrected chi connectivity index (χ3v) is 4.22. The van der Waals surface area contributed by atoms with Gasteiger partial charge in [0.05, 0.1) is 12.4 Å². The standard InChI is InChI=1S/C13H22N2O3S/c1-3-11-19(17,18)14-12-5-7-13(8-6-12)15(4-2)9-10-16/h5-8,14,16H,3-4,9-11H2,1-2H3. The van der Waals surface area contributed by atoms with Crippen LogP contribution < -0.4 is 9.62 Å². The third-order valence-electron chi connectivity index (χ3n) is 2.73. The van der Waals surface area contributed by atoms with Gasteiger partial charge < -0.3 is 10.0 Å². The Bertz CT molecular complexity index is 471. The molecule has 0 aliphatic rings. The summed E-state index contributed by atoms with van der Waals surface area (Å²) < 4.78 is 25.8. The molecule has 0 atom stereocenters. The molecule has 108 valence electrons. The first kappa shape index (κ1) is 15.8. The Morgan fingerprint density at radius 1 is 1.21 bits per heavy atom. The van der Waals surface area contributed by atoms with Crippen molar-refractivity contribution in [2.75, 3.05) is 35.1 Å². The molecule has 0 aromatic heterocycles. The van der Waals surface area contributed by atoms with E-state index in [9.17, 15) is 8.42 Å². The minimum absolute atomic E-state index is 0.0960. The molecule has 0 bridgehead atoms. The largest absolute Gasteiger partial charge is 0.395 e. The summed E-state index contributed by atoms with van der Waals surface area (Å²) in [5.41, 5.74) is 1.53. The van der Waals surface area contributed by atoms with Gasteiger partial charge in [-0.15, -0.1) is 0 Å². The van der Waals surface area contributed by atoms with Crippen molar-refractivity contribution >= 4 is 21.4 Å². The number of benzene rings is 1. The molecule has 0 spiro atoms. The van der Waals surface area contributed by atoms with Crippen LogP contribution in [0.25, 0.3) is 0 Å². The van der Waals surface area contributed by atoms with Gasteiger partial charge in [0.1, 0.15) is 0 Å². The highest BCUT2D eigenvalue weighted by atomic mass is 32.2. The summed E-state index contributed by atoms with van der Waals surface area (Å²) in [5.74, 6) is 0.125. The van der Waals surface area contributed by atoms with E-state index in [1.165, 1.54) is 0 Å². The van der Waals surface area contributed by atoms with Gasteiger partial charge in [-0.05, 0) is 37.6 Å². The van der Waals surface area contributed by atoms with Crippen molar-refractivity contribution in [3.63, 3.8) is 0 Å². The van der Waals surface area contributed by atoms with E-state index in [4.69, 9.17) is 5.11 Å². The summed E-state index contributed by atoms with van der Waals surface area (Å²) in [6.45, 7) is 5.29. The molecule has 5 nitrogen and oxygen atoms in total. The minimum Gasteiger partial charge on any atom is -0.395 e. The Balaban J connectivity index is 2.76. The normalized spacial score (nSPS) is 11.3. The average molecular weight is 286 g/mol. The fraction of sp³-hybridized carbons (Fsp3) is 0.538. The molecule has 1 rings (SSSR count). The summed E-state index contributed by atoms with van der Waals surface area (Å²) in [6, 6.07) is 7.18. The Kier molecular flexibility index (Phi) is 6.11. The van der Waals surface area contributed by atoms with Gasteiger partial charge in [0, 0.05) is 24.5 Å². The molecule has 0 aliphatic carbocycles. The molecule has 0 amide bonds. The Hall–Kier alpha value is -1.27. The molecule has 1 aromatic rings. The number of nitrogens with zero attached hydrogens (tertiary/aromatic N) is 1. The number of aliphatic hydroxyl groups is 1. The fourth-order valence-electron chi connectivity index (χ4n) is 1.83. The average Bonchev–Trinajstić information content (AvgIpc) is 2.36. The van der Waals surface area contributed by atoms with Crippen molar-refractivity contribution in [3.05, 3.63) is 24.3 Å². The van der Waals surface area contributed by atoms with Crippen LogP contribution in [0.5, 0.6) is 0 Å². The highest BCUT2D eigenvalue weighted by Gasteiger charge is 2.09. The minimum atomic E-state index is -3.24. The zero-order valence-electron chi connectivity index (χ0n) is 11.5. The van der Waals surface area contributed by atoms with Crippen molar-refractivity contribution in [3.8, 4) is 0 Å². The van der Waals surface area contributed by atoms with E-state index >= 15 is 0 Å². The Morgan fingerprint density at radius 2 is 1.84 bits per heavy atom. The van der Waals surface area contributed by atoms with Gasteiger partial charge in [0.25, 0.3) is 0 Å². The molecule has 0 aliphatic heterocycles. The van der Waals surface area contributed by atoms with Crippen molar-refractivity contribution in [2.24, 2.45) is 0 Å². The summed E-state index contributed by atoms with van der Waals surface area (Å²) in [4.78, 5) is 2.02. The smallest absolute Gasteiger partial charge is 0.232 e. The molecular formula is C13H22N2O3S. The van der Waals surface area contributed by atoms with Gasteiger partial charge >= 0.3 is 0 Å². The molecule has 6 heteroatoms. The Labute approximate surface area is 115 Å². The number of anilines is 2. The van der Waals surface area contributed by atoms with E-state index in [0.717, 1.165) is 12.2 Å². The summed E-state index contributed by atoms with van der Waals surface area (Å²) in [7, 11) is -3.24. The zero-order valence-corrected chi connectivity index (χ0v) is 12.3. The SMILES string of the molecule is CCCS(=O)(=O)Nc1ccc(N(CC)CCO)cc1. The van der Waals surface area contributed by atoms with Gasteiger partial charge in [-0.25, -0.2) is 8.42 Å². The summed E-state index contributed by atoms with van der Waals surface area (Å²) in [5, 5.41) is 8.96. The van der Waals surface area contributed by atoms with Crippen LogP contribution in [0, 0.1) is 0 Å². The van der Waals surface area contributed by atoms with Gasteiger partial charge in [0.15, 0.2) is 0 Å². The van der Waals surface area contributed by atoms with Crippen molar-refractivity contribution < 1.29 is 13.5 Å². The first-order valence-corrected chi connectivity index (χ1v) is 8.14. The molecule has 19 heavy (non-hydrogen) atoms. The van der Waals surface area contributed by atoms with Crippen LogP contribution in [0.2, 0.25) is 0 Å². The van der Waals surface area contributed by atoms with Crippen LogP contribution in [-0.4, -0.2) is 39.0 Å². The number of hydrogen-bond donors (Lipinski definition) is 2. The first-order chi connectivity index (χ1) is 9.02. The van der Waals surface area contributed by atoms with E-state index in [2.05, 4.69) is 4.72 Å². The molecule has 0 radical (unpaired) electrons. The van der Waals surface area contributed by atoms with Crippen LogP contribution in [0.1, 0.15) is 20.3 Å². The van der Waals surface area contributed by atoms with Crippen LogP contribution >= 0.6 is 0 Å². The summed E-state index contributed by atoms with van der Waals surface area (Å²) >= 11 is 0. The number of hydrogen-bond acceptors (Lipinski definition) is 4. The van der Waals surface area contributed by atoms with Crippen LogP contribution in [-0.2, 0) is 10.0 Å². The van der Waals surface area contributed by atoms with Crippen LogP contribution in [0.3, 0.4) is 0 Å². The van der Waals surface area contributed by atoms with E-state index < -0.39 is 10.0 Å². The second-order valence-electron chi connectivity index (χ2n) is 4.27. The second kappa shape index (κ2) is 7.35. The molecule has 2 N–H and O–H groups in total. The number of likely N-dealkylation sites (N-methyl/N-ethyl adjacent to an activating group) is 1. The quantitative estimate of drug-likeness (QED) is 0.762. The number of rotatable bonds is 8. The van der Waals surface area contributed by atoms with E-state index in [1.807, 2.05) is 30.9 Å². The second-order valence-corrected chi connectivity index (χ2v) is 6.11. The molecule has 0 saturated carbocycles. The number of nitrogens with one attached hydrogen (secondary N) is 1. The van der Waals surface area contributed by atoms with Crippen LogP contribution in [0.4, 0.5) is 11.4 Å². The topological polar surface area (TPSA) is 69.6 Å². The van der Waals surface area contributed by atoms with Crippen molar-refractivity contribution in [1.82, 2.24) is 0 Å². The molecule has 0 unspecified atom stereocenters. The van der Waals surface area contributed by atoms with Gasteiger partial charge in [-0.2, -0.15) is 0 Å². The lowest BCUT2D eigenvalue weighted by atomic mass is 10.2. The lowest BCUT2D eigenvalue weighted by Crippen LogP contribution is -2.26. The molecule has 0 saturated heterocycles. The highest BCUT2D eigenvalue weighted by Crippen LogP contribution is 2.18. The molecule has 1 aromatic carbocycles.